The van der Waals surface area contributed by atoms with Crippen molar-refractivity contribution in [2.45, 2.75) is 0 Å². The van der Waals surface area contributed by atoms with E-state index in [1.807, 2.05) is 12.1 Å². The number of rotatable bonds is 4. The maximum absolute atomic E-state index is 6.05. The molecule has 0 aliphatic heterocycles. The minimum atomic E-state index is 0.920. The van der Waals surface area contributed by atoms with Crippen LogP contribution in [0.4, 0.5) is 0 Å². The van der Waals surface area contributed by atoms with Crippen LogP contribution in [0, 0.1) is 0 Å². The normalized spacial score (nSPS) is 11.6. The maximum atomic E-state index is 6.05. The van der Waals surface area contributed by atoms with E-state index >= 15 is 0 Å². The Balaban J connectivity index is 1.17. The lowest BCUT2D eigenvalue weighted by Gasteiger charge is -2.16. The van der Waals surface area contributed by atoms with Gasteiger partial charge in [0.15, 0.2) is 0 Å². The standard InChI is InChI=1S/C42H27NO/c1-2-10-30(11-3-1)36-26-31(22-24-40(36)43-38-15-7-4-12-33(38)34-13-5-8-16-39(34)43)28-18-20-29(21-19-28)32-23-25-42-37(27-32)35-14-6-9-17-41(35)44-42/h1-27H. The Morgan fingerprint density at radius 3 is 1.57 bits per heavy atom. The van der Waals surface area contributed by atoms with Crippen LogP contribution >= 0.6 is 0 Å². The van der Waals surface area contributed by atoms with E-state index in [4.69, 9.17) is 4.42 Å². The predicted molar refractivity (Wildman–Crippen MR) is 184 cm³/mol. The zero-order valence-corrected chi connectivity index (χ0v) is 23.9. The van der Waals surface area contributed by atoms with E-state index in [1.165, 1.54) is 60.9 Å². The van der Waals surface area contributed by atoms with Gasteiger partial charge in [0.2, 0.25) is 0 Å². The summed E-state index contributed by atoms with van der Waals surface area (Å²) in [6, 6.07) is 58.6. The fourth-order valence-electron chi connectivity index (χ4n) is 6.70. The summed E-state index contributed by atoms with van der Waals surface area (Å²) in [5, 5.41) is 4.83. The molecule has 0 aliphatic rings. The van der Waals surface area contributed by atoms with Crippen molar-refractivity contribution in [1.29, 1.82) is 0 Å². The van der Waals surface area contributed by atoms with Crippen molar-refractivity contribution in [1.82, 2.24) is 4.57 Å². The molecule has 0 atom stereocenters. The van der Waals surface area contributed by atoms with Gasteiger partial charge in [-0.15, -0.1) is 0 Å². The first-order valence-electron chi connectivity index (χ1n) is 15.0. The molecule has 0 fully saturated rings. The van der Waals surface area contributed by atoms with E-state index < -0.39 is 0 Å². The Hall–Kier alpha value is -5.86. The molecule has 0 spiro atoms. The van der Waals surface area contributed by atoms with E-state index in [0.29, 0.717) is 0 Å². The summed E-state index contributed by atoms with van der Waals surface area (Å²) in [5.41, 5.74) is 12.6. The molecule has 0 saturated heterocycles. The third kappa shape index (κ3) is 3.89. The van der Waals surface area contributed by atoms with Gasteiger partial charge in [0, 0.05) is 27.1 Å². The molecule has 0 aliphatic carbocycles. The van der Waals surface area contributed by atoms with Crippen molar-refractivity contribution < 1.29 is 4.42 Å². The number of hydrogen-bond donors (Lipinski definition) is 0. The second-order valence-corrected chi connectivity index (χ2v) is 11.4. The van der Waals surface area contributed by atoms with E-state index in [-0.39, 0.29) is 0 Å². The molecule has 9 aromatic rings. The number of fused-ring (bicyclic) bond motifs is 6. The molecule has 0 saturated carbocycles. The molecule has 2 heteroatoms. The summed E-state index contributed by atoms with van der Waals surface area (Å²) in [4.78, 5) is 0. The van der Waals surface area contributed by atoms with E-state index in [1.54, 1.807) is 0 Å². The maximum Gasteiger partial charge on any atom is 0.135 e. The number of hydrogen-bond acceptors (Lipinski definition) is 1. The number of aromatic nitrogens is 1. The van der Waals surface area contributed by atoms with Crippen molar-refractivity contribution >= 4 is 43.7 Å². The Morgan fingerprint density at radius 2 is 0.864 bits per heavy atom. The summed E-state index contributed by atoms with van der Waals surface area (Å²) in [6.07, 6.45) is 0. The highest BCUT2D eigenvalue weighted by Gasteiger charge is 2.16. The van der Waals surface area contributed by atoms with Crippen LogP contribution in [0.2, 0.25) is 0 Å². The smallest absolute Gasteiger partial charge is 0.135 e. The number of para-hydroxylation sites is 3. The molecular formula is C42H27NO. The van der Waals surface area contributed by atoms with Crippen molar-refractivity contribution in [2.75, 3.05) is 0 Å². The van der Waals surface area contributed by atoms with E-state index in [0.717, 1.165) is 21.9 Å². The first-order chi connectivity index (χ1) is 21.8. The highest BCUT2D eigenvalue weighted by Crippen LogP contribution is 2.39. The molecule has 2 nitrogen and oxygen atoms in total. The first kappa shape index (κ1) is 24.7. The van der Waals surface area contributed by atoms with Crippen LogP contribution < -0.4 is 0 Å². The van der Waals surface area contributed by atoms with Crippen molar-refractivity contribution in [3.63, 3.8) is 0 Å². The quantitative estimate of drug-likeness (QED) is 0.209. The topological polar surface area (TPSA) is 18.1 Å². The Bertz CT molecular complexity index is 2430. The van der Waals surface area contributed by atoms with E-state index in [9.17, 15) is 0 Å². The van der Waals surface area contributed by atoms with Crippen LogP contribution in [0.3, 0.4) is 0 Å². The summed E-state index contributed by atoms with van der Waals surface area (Å²) < 4.78 is 8.46. The SMILES string of the molecule is c1ccc(-c2cc(-c3ccc(-c4ccc5oc6ccccc6c5c4)cc3)ccc2-n2c3ccccc3c3ccccc32)cc1. The molecule has 2 heterocycles. The molecule has 206 valence electrons. The monoisotopic (exact) mass is 561 g/mol. The minimum Gasteiger partial charge on any atom is -0.456 e. The average Bonchev–Trinajstić information content (AvgIpc) is 3.64. The molecule has 0 unspecified atom stereocenters. The number of benzene rings is 7. The van der Waals surface area contributed by atoms with Crippen molar-refractivity contribution in [3.05, 3.63) is 164 Å². The van der Waals surface area contributed by atoms with Crippen LogP contribution in [0.5, 0.6) is 0 Å². The van der Waals surface area contributed by atoms with Gasteiger partial charge in [-0.05, 0) is 70.3 Å². The van der Waals surface area contributed by atoms with Crippen LogP contribution in [0.1, 0.15) is 0 Å². The van der Waals surface area contributed by atoms with Gasteiger partial charge in [0.05, 0.1) is 16.7 Å². The zero-order chi connectivity index (χ0) is 29.0. The molecule has 2 aromatic heterocycles. The summed E-state index contributed by atoms with van der Waals surface area (Å²) >= 11 is 0. The molecule has 0 N–H and O–H groups in total. The fourth-order valence-corrected chi connectivity index (χ4v) is 6.70. The highest BCUT2D eigenvalue weighted by atomic mass is 16.3. The second-order valence-electron chi connectivity index (χ2n) is 11.4. The molecule has 0 radical (unpaired) electrons. The zero-order valence-electron chi connectivity index (χ0n) is 23.9. The van der Waals surface area contributed by atoms with Gasteiger partial charge >= 0.3 is 0 Å². The van der Waals surface area contributed by atoms with Crippen LogP contribution in [0.15, 0.2) is 168 Å². The molecule has 44 heavy (non-hydrogen) atoms. The molecule has 9 rings (SSSR count). The van der Waals surface area contributed by atoms with Gasteiger partial charge in [-0.3, -0.25) is 0 Å². The summed E-state index contributed by atoms with van der Waals surface area (Å²) in [7, 11) is 0. The third-order valence-corrected chi connectivity index (χ3v) is 8.83. The Kier molecular flexibility index (Phi) is 5.54. The van der Waals surface area contributed by atoms with Gasteiger partial charge < -0.3 is 8.98 Å². The predicted octanol–water partition coefficient (Wildman–Crippen LogP) is 11.7. The van der Waals surface area contributed by atoms with Gasteiger partial charge in [-0.25, -0.2) is 0 Å². The van der Waals surface area contributed by atoms with Gasteiger partial charge in [-0.1, -0.05) is 121 Å². The minimum absolute atomic E-state index is 0.920. The largest absolute Gasteiger partial charge is 0.456 e. The molecule has 0 amide bonds. The Labute approximate surface area is 255 Å². The van der Waals surface area contributed by atoms with E-state index in [2.05, 4.69) is 156 Å². The molecule has 0 bridgehead atoms. The molecule has 7 aromatic carbocycles. The lowest BCUT2D eigenvalue weighted by molar-refractivity contribution is 0.669. The number of nitrogens with zero attached hydrogens (tertiary/aromatic N) is 1. The van der Waals surface area contributed by atoms with Crippen LogP contribution in [0.25, 0.3) is 82.8 Å². The number of furan rings is 1. The highest BCUT2D eigenvalue weighted by molar-refractivity contribution is 6.10. The van der Waals surface area contributed by atoms with Crippen molar-refractivity contribution in [3.8, 4) is 39.1 Å². The van der Waals surface area contributed by atoms with Crippen LogP contribution in [-0.4, -0.2) is 4.57 Å². The van der Waals surface area contributed by atoms with Crippen LogP contribution in [-0.2, 0) is 0 Å². The summed E-state index contributed by atoms with van der Waals surface area (Å²) in [5.74, 6) is 0. The lowest BCUT2D eigenvalue weighted by atomic mass is 9.95. The average molecular weight is 562 g/mol. The first-order valence-corrected chi connectivity index (χ1v) is 15.0. The van der Waals surface area contributed by atoms with Gasteiger partial charge in [0.25, 0.3) is 0 Å². The summed E-state index contributed by atoms with van der Waals surface area (Å²) in [6.45, 7) is 0. The Morgan fingerprint density at radius 1 is 0.341 bits per heavy atom. The fraction of sp³-hybridized carbons (Fsp3) is 0. The van der Waals surface area contributed by atoms with Gasteiger partial charge in [0.1, 0.15) is 11.2 Å². The van der Waals surface area contributed by atoms with Gasteiger partial charge in [-0.2, -0.15) is 0 Å². The van der Waals surface area contributed by atoms with Crippen molar-refractivity contribution in [2.24, 2.45) is 0 Å². The second kappa shape index (κ2) is 9.86. The third-order valence-electron chi connectivity index (χ3n) is 8.83. The molecular weight excluding hydrogens is 534 g/mol. The lowest BCUT2D eigenvalue weighted by Crippen LogP contribution is -1.98.